The fraction of sp³-hybridized carbons (Fsp3) is 0. The quantitative estimate of drug-likeness (QED) is 0.168. The lowest BCUT2D eigenvalue weighted by molar-refractivity contribution is 0.671. The van der Waals surface area contributed by atoms with Crippen molar-refractivity contribution < 1.29 is 4.42 Å². The van der Waals surface area contributed by atoms with Gasteiger partial charge in [-0.05, 0) is 71.8 Å². The van der Waals surface area contributed by atoms with Crippen molar-refractivity contribution in [1.82, 2.24) is 24.1 Å². The number of para-hydroxylation sites is 4. The zero-order chi connectivity index (χ0) is 41.4. The zero-order valence-electron chi connectivity index (χ0n) is 33.9. The Morgan fingerprint density at radius 3 is 1.56 bits per heavy atom. The summed E-state index contributed by atoms with van der Waals surface area (Å²) in [6.45, 7) is 0. The summed E-state index contributed by atoms with van der Waals surface area (Å²) in [4.78, 5) is 15.3. The average Bonchev–Trinajstić information content (AvgIpc) is 4.02. The van der Waals surface area contributed by atoms with E-state index in [-0.39, 0.29) is 0 Å². The summed E-state index contributed by atoms with van der Waals surface area (Å²) >= 11 is 0. The highest BCUT2D eigenvalue weighted by molar-refractivity contribution is 6.23. The Morgan fingerprint density at radius 1 is 0.317 bits per heavy atom. The van der Waals surface area contributed by atoms with Crippen molar-refractivity contribution in [3.8, 4) is 56.7 Å². The fourth-order valence-electron chi connectivity index (χ4n) is 9.52. The summed E-state index contributed by atoms with van der Waals surface area (Å²) in [7, 11) is 0. The standard InChI is InChI=1S/C57H35N5O/c1-4-16-36(17-5-1)38-20-14-21-39(34-38)56-58-55(37-18-6-2-7-19-37)59-57(60-56)40-30-33-51-47(35-40)46-32-31-45-44-26-15-29-50(52(44)61(53(45)54(46)63-51)41-22-8-3-9-23-41)62-48-27-12-10-24-42(48)43-25-11-13-28-49(43)62/h1-35H. The van der Waals surface area contributed by atoms with Gasteiger partial charge in [-0.1, -0.05) is 152 Å². The summed E-state index contributed by atoms with van der Waals surface area (Å²) in [6.07, 6.45) is 0. The topological polar surface area (TPSA) is 61.7 Å². The Morgan fingerprint density at radius 2 is 0.841 bits per heavy atom. The molecule has 0 spiro atoms. The molecular weight excluding hydrogens is 771 g/mol. The molecule has 294 valence electrons. The molecule has 0 radical (unpaired) electrons. The monoisotopic (exact) mass is 805 g/mol. The summed E-state index contributed by atoms with van der Waals surface area (Å²) in [6, 6.07) is 74.3. The maximum atomic E-state index is 6.98. The highest BCUT2D eigenvalue weighted by Gasteiger charge is 2.24. The smallest absolute Gasteiger partial charge is 0.164 e. The third-order valence-electron chi connectivity index (χ3n) is 12.4. The molecule has 63 heavy (non-hydrogen) atoms. The molecule has 4 heterocycles. The second kappa shape index (κ2) is 14.0. The zero-order valence-corrected chi connectivity index (χ0v) is 33.9. The van der Waals surface area contributed by atoms with Gasteiger partial charge in [0.1, 0.15) is 5.58 Å². The van der Waals surface area contributed by atoms with E-state index in [1.165, 1.54) is 21.8 Å². The van der Waals surface area contributed by atoms with Crippen LogP contribution in [0.3, 0.4) is 0 Å². The van der Waals surface area contributed by atoms with E-state index in [0.717, 1.165) is 82.9 Å². The van der Waals surface area contributed by atoms with Crippen LogP contribution < -0.4 is 0 Å². The number of aromatic nitrogens is 5. The van der Waals surface area contributed by atoms with E-state index >= 15 is 0 Å². The molecule has 0 aliphatic heterocycles. The molecular formula is C57H35N5O. The number of furan rings is 1. The fourth-order valence-corrected chi connectivity index (χ4v) is 9.52. The molecule has 9 aromatic carbocycles. The van der Waals surface area contributed by atoms with Crippen LogP contribution in [0.2, 0.25) is 0 Å². The van der Waals surface area contributed by atoms with Crippen LogP contribution in [-0.2, 0) is 0 Å². The summed E-state index contributed by atoms with van der Waals surface area (Å²) in [5.74, 6) is 1.82. The van der Waals surface area contributed by atoms with Gasteiger partial charge in [-0.15, -0.1) is 0 Å². The lowest BCUT2D eigenvalue weighted by atomic mass is 10.0. The first-order chi connectivity index (χ1) is 31.2. The van der Waals surface area contributed by atoms with Gasteiger partial charge >= 0.3 is 0 Å². The first kappa shape index (κ1) is 35.2. The lowest BCUT2D eigenvalue weighted by Gasteiger charge is -2.14. The van der Waals surface area contributed by atoms with Gasteiger partial charge in [0.05, 0.1) is 27.8 Å². The molecule has 13 rings (SSSR count). The molecule has 4 aromatic heterocycles. The molecule has 0 unspecified atom stereocenters. The first-order valence-electron chi connectivity index (χ1n) is 21.2. The van der Waals surface area contributed by atoms with Crippen molar-refractivity contribution in [1.29, 1.82) is 0 Å². The van der Waals surface area contributed by atoms with Gasteiger partial charge in [-0.3, -0.25) is 0 Å². The van der Waals surface area contributed by atoms with E-state index in [4.69, 9.17) is 19.4 Å². The van der Waals surface area contributed by atoms with Crippen molar-refractivity contribution in [2.45, 2.75) is 0 Å². The molecule has 0 fully saturated rings. The highest BCUT2D eigenvalue weighted by atomic mass is 16.3. The third kappa shape index (κ3) is 5.55. The SMILES string of the molecule is c1ccc(-c2cccc(-c3nc(-c4ccccc4)nc(-c4ccc5oc6c(ccc7c8cccc(-n9c%10ccccc%10c%10ccccc%109)c8n(-c8ccccc8)c76)c5c4)n3)c2)cc1. The van der Waals surface area contributed by atoms with Crippen LogP contribution in [0.15, 0.2) is 217 Å². The molecule has 0 atom stereocenters. The Bertz CT molecular complexity index is 3850. The van der Waals surface area contributed by atoms with Crippen molar-refractivity contribution in [2.24, 2.45) is 0 Å². The van der Waals surface area contributed by atoms with Gasteiger partial charge in [0, 0.05) is 54.7 Å². The minimum absolute atomic E-state index is 0.593. The van der Waals surface area contributed by atoms with Gasteiger partial charge in [0.25, 0.3) is 0 Å². The van der Waals surface area contributed by atoms with Crippen molar-refractivity contribution in [3.05, 3.63) is 212 Å². The van der Waals surface area contributed by atoms with E-state index in [1.807, 2.05) is 36.4 Å². The van der Waals surface area contributed by atoms with Crippen LogP contribution in [0.25, 0.3) is 122 Å². The molecule has 6 heteroatoms. The highest BCUT2D eigenvalue weighted by Crippen LogP contribution is 2.44. The molecule has 0 N–H and O–H groups in total. The van der Waals surface area contributed by atoms with Crippen molar-refractivity contribution >= 4 is 65.6 Å². The molecule has 0 aliphatic carbocycles. The first-order valence-corrected chi connectivity index (χ1v) is 21.2. The molecule has 13 aromatic rings. The van der Waals surface area contributed by atoms with E-state index in [2.05, 4.69) is 185 Å². The number of fused-ring (bicyclic) bond motifs is 10. The average molecular weight is 806 g/mol. The van der Waals surface area contributed by atoms with Gasteiger partial charge in [-0.2, -0.15) is 0 Å². The Kier molecular flexibility index (Phi) is 7.80. The Balaban J connectivity index is 1.04. The Hall–Kier alpha value is -8.61. The molecule has 0 saturated carbocycles. The van der Waals surface area contributed by atoms with Crippen molar-refractivity contribution in [3.63, 3.8) is 0 Å². The maximum Gasteiger partial charge on any atom is 0.164 e. The van der Waals surface area contributed by atoms with Crippen LogP contribution in [0.5, 0.6) is 0 Å². The lowest BCUT2D eigenvalue weighted by Crippen LogP contribution is -2.00. The molecule has 0 bridgehead atoms. The van der Waals surface area contributed by atoms with E-state index < -0.39 is 0 Å². The minimum Gasteiger partial charge on any atom is -0.454 e. The van der Waals surface area contributed by atoms with Gasteiger partial charge in [0.2, 0.25) is 0 Å². The summed E-state index contributed by atoms with van der Waals surface area (Å²) in [5.41, 5.74) is 13.2. The Labute approximate surface area is 361 Å². The number of hydrogen-bond donors (Lipinski definition) is 0. The number of benzene rings is 9. The maximum absolute atomic E-state index is 6.98. The van der Waals surface area contributed by atoms with E-state index in [0.29, 0.717) is 17.5 Å². The van der Waals surface area contributed by atoms with Crippen LogP contribution in [-0.4, -0.2) is 24.1 Å². The molecule has 0 aliphatic rings. The molecule has 0 amide bonds. The second-order valence-electron chi connectivity index (χ2n) is 16.0. The van der Waals surface area contributed by atoms with Crippen LogP contribution in [0.4, 0.5) is 0 Å². The van der Waals surface area contributed by atoms with E-state index in [9.17, 15) is 0 Å². The largest absolute Gasteiger partial charge is 0.454 e. The van der Waals surface area contributed by atoms with Crippen LogP contribution in [0, 0.1) is 0 Å². The minimum atomic E-state index is 0.593. The third-order valence-corrected chi connectivity index (χ3v) is 12.4. The van der Waals surface area contributed by atoms with Crippen molar-refractivity contribution in [2.75, 3.05) is 0 Å². The predicted octanol–water partition coefficient (Wildman–Crippen LogP) is 14.6. The van der Waals surface area contributed by atoms with Gasteiger partial charge in [0.15, 0.2) is 23.1 Å². The van der Waals surface area contributed by atoms with Gasteiger partial charge in [-0.25, -0.2) is 15.0 Å². The second-order valence-corrected chi connectivity index (χ2v) is 16.0. The number of rotatable bonds is 6. The summed E-state index contributed by atoms with van der Waals surface area (Å²) < 4.78 is 11.8. The van der Waals surface area contributed by atoms with Gasteiger partial charge < -0.3 is 13.6 Å². The predicted molar refractivity (Wildman–Crippen MR) is 258 cm³/mol. The van der Waals surface area contributed by atoms with Crippen LogP contribution >= 0.6 is 0 Å². The number of hydrogen-bond acceptors (Lipinski definition) is 4. The summed E-state index contributed by atoms with van der Waals surface area (Å²) in [5, 5.41) is 6.74. The van der Waals surface area contributed by atoms with Crippen LogP contribution in [0.1, 0.15) is 0 Å². The normalized spacial score (nSPS) is 11.8. The molecule has 6 nitrogen and oxygen atoms in total. The number of nitrogens with zero attached hydrogens (tertiary/aromatic N) is 5. The molecule has 0 saturated heterocycles. The van der Waals surface area contributed by atoms with E-state index in [1.54, 1.807) is 0 Å².